The topological polar surface area (TPSA) is 74.8 Å². The van der Waals surface area contributed by atoms with Gasteiger partial charge in [0, 0.05) is 10.5 Å². The standard InChI is InChI=1S/C23H24BrFN2O4S/c24-16-7-13-20(14-8-16)32(30,31)27(19-5-3-1-2-4-6-19)21-15-22(28)26(23(21)29)18-11-9-17(25)10-12-18/h7-14,19,21H,1-6,15H2. The van der Waals surface area contributed by atoms with Crippen LogP contribution >= 0.6 is 15.9 Å². The van der Waals surface area contributed by atoms with Gasteiger partial charge in [0.05, 0.1) is 17.0 Å². The molecule has 4 rings (SSSR count). The summed E-state index contributed by atoms with van der Waals surface area (Å²) in [5, 5.41) is 0. The highest BCUT2D eigenvalue weighted by molar-refractivity contribution is 9.10. The lowest BCUT2D eigenvalue weighted by Crippen LogP contribution is -2.50. The molecule has 0 aromatic heterocycles. The SMILES string of the molecule is O=C1CC(N(C2CCCCCC2)S(=O)(=O)c2ccc(Br)cc2)C(=O)N1c1ccc(F)cc1. The van der Waals surface area contributed by atoms with Crippen molar-refractivity contribution in [2.24, 2.45) is 0 Å². The van der Waals surface area contributed by atoms with Gasteiger partial charge in [0.15, 0.2) is 0 Å². The molecule has 0 N–H and O–H groups in total. The Morgan fingerprint density at radius 3 is 2.09 bits per heavy atom. The summed E-state index contributed by atoms with van der Waals surface area (Å²) in [4.78, 5) is 27.3. The third-order valence-corrected chi connectivity index (χ3v) is 8.59. The first kappa shape index (κ1) is 23.1. The van der Waals surface area contributed by atoms with Crippen LogP contribution in [0.25, 0.3) is 0 Å². The summed E-state index contributed by atoms with van der Waals surface area (Å²) in [6.45, 7) is 0. The molecule has 1 heterocycles. The van der Waals surface area contributed by atoms with E-state index in [1.165, 1.54) is 40.7 Å². The molecule has 2 aromatic carbocycles. The van der Waals surface area contributed by atoms with Crippen molar-refractivity contribution in [3.63, 3.8) is 0 Å². The minimum absolute atomic E-state index is 0.0884. The van der Waals surface area contributed by atoms with E-state index in [2.05, 4.69) is 15.9 Å². The minimum atomic E-state index is -4.03. The maximum absolute atomic E-state index is 13.8. The van der Waals surface area contributed by atoms with Gasteiger partial charge in [-0.3, -0.25) is 9.59 Å². The van der Waals surface area contributed by atoms with Gasteiger partial charge in [-0.2, -0.15) is 4.31 Å². The summed E-state index contributed by atoms with van der Waals surface area (Å²) in [5.41, 5.74) is 0.241. The van der Waals surface area contributed by atoms with E-state index in [1.54, 1.807) is 12.1 Å². The Balaban J connectivity index is 1.74. The summed E-state index contributed by atoms with van der Waals surface area (Å²) >= 11 is 3.32. The summed E-state index contributed by atoms with van der Waals surface area (Å²) in [6, 6.07) is 9.86. The van der Waals surface area contributed by atoms with E-state index < -0.39 is 33.7 Å². The molecule has 1 unspecified atom stereocenters. The number of carbonyl (C=O) groups is 2. The molecule has 2 amide bonds. The predicted octanol–water partition coefficient (Wildman–Crippen LogP) is 4.63. The molecular formula is C23H24BrFN2O4S. The normalized spacial score (nSPS) is 20.7. The van der Waals surface area contributed by atoms with E-state index in [4.69, 9.17) is 0 Å². The highest BCUT2D eigenvalue weighted by Gasteiger charge is 2.49. The first-order valence-electron chi connectivity index (χ1n) is 10.7. The van der Waals surface area contributed by atoms with E-state index in [0.29, 0.717) is 12.8 Å². The van der Waals surface area contributed by atoms with Crippen LogP contribution in [0, 0.1) is 5.82 Å². The zero-order chi connectivity index (χ0) is 22.9. The second kappa shape index (κ2) is 9.41. The van der Waals surface area contributed by atoms with Crippen LogP contribution in [0.5, 0.6) is 0 Å². The van der Waals surface area contributed by atoms with Crippen LogP contribution in [0.1, 0.15) is 44.9 Å². The van der Waals surface area contributed by atoms with Gasteiger partial charge >= 0.3 is 0 Å². The number of hydrogen-bond acceptors (Lipinski definition) is 4. The Labute approximate surface area is 195 Å². The maximum atomic E-state index is 13.8. The number of carbonyl (C=O) groups excluding carboxylic acids is 2. The molecule has 2 aliphatic rings. The van der Waals surface area contributed by atoms with Crippen LogP contribution < -0.4 is 4.90 Å². The number of imide groups is 1. The Bertz CT molecular complexity index is 1100. The molecule has 1 atom stereocenters. The van der Waals surface area contributed by atoms with E-state index in [1.807, 2.05) is 0 Å². The maximum Gasteiger partial charge on any atom is 0.252 e. The van der Waals surface area contributed by atoms with Crippen molar-refractivity contribution < 1.29 is 22.4 Å². The number of anilines is 1. The number of benzene rings is 2. The summed E-state index contributed by atoms with van der Waals surface area (Å²) in [7, 11) is -4.03. The van der Waals surface area contributed by atoms with Crippen LogP contribution in [0.3, 0.4) is 0 Å². The van der Waals surface area contributed by atoms with Crippen molar-refractivity contribution in [2.45, 2.75) is 61.9 Å². The average Bonchev–Trinajstić information content (AvgIpc) is 2.93. The fourth-order valence-electron chi connectivity index (χ4n) is 4.53. The van der Waals surface area contributed by atoms with Crippen molar-refractivity contribution in [1.82, 2.24) is 4.31 Å². The van der Waals surface area contributed by atoms with Gasteiger partial charge in [-0.05, 0) is 61.4 Å². The van der Waals surface area contributed by atoms with Gasteiger partial charge in [0.25, 0.3) is 5.91 Å². The van der Waals surface area contributed by atoms with E-state index in [9.17, 15) is 22.4 Å². The van der Waals surface area contributed by atoms with Crippen LogP contribution in [0.15, 0.2) is 57.9 Å². The van der Waals surface area contributed by atoms with Crippen molar-refractivity contribution in [3.8, 4) is 0 Å². The molecule has 1 saturated heterocycles. The minimum Gasteiger partial charge on any atom is -0.274 e. The fourth-order valence-corrected chi connectivity index (χ4v) is 6.63. The van der Waals surface area contributed by atoms with Gasteiger partial charge < -0.3 is 0 Å². The molecule has 0 bridgehead atoms. The number of sulfonamides is 1. The van der Waals surface area contributed by atoms with Crippen molar-refractivity contribution in [3.05, 3.63) is 58.8 Å². The molecule has 170 valence electrons. The van der Waals surface area contributed by atoms with E-state index in [-0.39, 0.29) is 23.0 Å². The third kappa shape index (κ3) is 4.51. The highest BCUT2D eigenvalue weighted by atomic mass is 79.9. The first-order valence-corrected chi connectivity index (χ1v) is 12.9. The monoisotopic (exact) mass is 522 g/mol. The van der Waals surface area contributed by atoms with Crippen LogP contribution in [-0.2, 0) is 19.6 Å². The number of rotatable bonds is 5. The molecule has 1 aliphatic heterocycles. The molecule has 2 fully saturated rings. The summed E-state index contributed by atoms with van der Waals surface area (Å²) in [6.07, 6.45) is 4.82. The molecule has 32 heavy (non-hydrogen) atoms. The number of nitrogens with zero attached hydrogens (tertiary/aromatic N) is 2. The van der Waals surface area contributed by atoms with Gasteiger partial charge in [0.2, 0.25) is 15.9 Å². The Hall–Kier alpha value is -2.10. The summed E-state index contributed by atoms with van der Waals surface area (Å²) in [5.74, 6) is -1.56. The molecule has 0 spiro atoms. The van der Waals surface area contributed by atoms with Gasteiger partial charge in [-0.15, -0.1) is 0 Å². The lowest BCUT2D eigenvalue weighted by molar-refractivity contribution is -0.122. The number of amides is 2. The lowest BCUT2D eigenvalue weighted by atomic mass is 10.1. The van der Waals surface area contributed by atoms with Crippen LogP contribution in [0.2, 0.25) is 0 Å². The smallest absolute Gasteiger partial charge is 0.252 e. The molecule has 9 heteroatoms. The van der Waals surface area contributed by atoms with E-state index >= 15 is 0 Å². The van der Waals surface area contributed by atoms with Crippen molar-refractivity contribution in [2.75, 3.05) is 4.90 Å². The van der Waals surface area contributed by atoms with Crippen LogP contribution in [-0.4, -0.2) is 36.6 Å². The van der Waals surface area contributed by atoms with Gasteiger partial charge in [0.1, 0.15) is 11.9 Å². The number of halogens is 2. The van der Waals surface area contributed by atoms with Crippen LogP contribution in [0.4, 0.5) is 10.1 Å². The second-order valence-corrected chi connectivity index (χ2v) is 11.0. The lowest BCUT2D eigenvalue weighted by Gasteiger charge is -2.33. The highest BCUT2D eigenvalue weighted by Crippen LogP contribution is 2.35. The van der Waals surface area contributed by atoms with Crippen molar-refractivity contribution in [1.29, 1.82) is 0 Å². The molecular weight excluding hydrogens is 499 g/mol. The largest absolute Gasteiger partial charge is 0.274 e. The Morgan fingerprint density at radius 2 is 1.50 bits per heavy atom. The van der Waals surface area contributed by atoms with E-state index in [0.717, 1.165) is 35.1 Å². The average molecular weight is 523 g/mol. The third-order valence-electron chi connectivity index (χ3n) is 6.09. The molecule has 0 radical (unpaired) electrons. The zero-order valence-corrected chi connectivity index (χ0v) is 19.8. The van der Waals surface area contributed by atoms with Gasteiger partial charge in [-0.1, -0.05) is 41.6 Å². The molecule has 2 aromatic rings. The van der Waals surface area contributed by atoms with Crippen molar-refractivity contribution >= 4 is 43.5 Å². The predicted molar refractivity (Wildman–Crippen MR) is 122 cm³/mol. The summed E-state index contributed by atoms with van der Waals surface area (Å²) < 4.78 is 42.9. The number of hydrogen-bond donors (Lipinski definition) is 0. The first-order chi connectivity index (χ1) is 15.3. The molecule has 6 nitrogen and oxygen atoms in total. The fraction of sp³-hybridized carbons (Fsp3) is 0.391. The second-order valence-electron chi connectivity index (χ2n) is 8.20. The Morgan fingerprint density at radius 1 is 0.906 bits per heavy atom. The van der Waals surface area contributed by atoms with Gasteiger partial charge in [-0.25, -0.2) is 17.7 Å². The quantitative estimate of drug-likeness (QED) is 0.423. The Kier molecular flexibility index (Phi) is 6.78. The molecule has 1 saturated carbocycles. The zero-order valence-electron chi connectivity index (χ0n) is 17.4. The molecule has 1 aliphatic carbocycles.